The minimum absolute atomic E-state index is 0.203. The Morgan fingerprint density at radius 3 is 1.53 bits per heavy atom. The van der Waals surface area contributed by atoms with Crippen molar-refractivity contribution in [1.29, 1.82) is 0 Å². The van der Waals surface area contributed by atoms with Crippen LogP contribution in [0.4, 0.5) is 9.59 Å². The molecule has 4 aromatic rings. The second kappa shape index (κ2) is 20.1. The Kier molecular flexibility index (Phi) is 15.6. The summed E-state index contributed by atoms with van der Waals surface area (Å²) in [6.07, 6.45) is 0.446. The first-order valence-corrected chi connectivity index (χ1v) is 19.3. The largest absolute Gasteiger partial charge is 0.444 e. The van der Waals surface area contributed by atoms with Gasteiger partial charge in [-0.2, -0.15) is 0 Å². The lowest BCUT2D eigenvalue weighted by atomic mass is 10.0. The molecule has 294 valence electrons. The van der Waals surface area contributed by atoms with E-state index in [2.05, 4.69) is 84.7 Å². The highest BCUT2D eigenvalue weighted by Crippen LogP contribution is 2.22. The molecule has 6 rings (SSSR count). The lowest BCUT2D eigenvalue weighted by Gasteiger charge is -2.40. The monoisotopic (exact) mass is 748 g/mol. The fraction of sp³-hybridized carbons (Fsp3) is 0.413. The van der Waals surface area contributed by atoms with Crippen molar-refractivity contribution >= 4 is 18.5 Å². The van der Waals surface area contributed by atoms with Crippen LogP contribution in [0.1, 0.15) is 71.3 Å². The molecular formula is C46H60N4O5. The van der Waals surface area contributed by atoms with E-state index in [0.717, 1.165) is 44.6 Å². The van der Waals surface area contributed by atoms with Crippen LogP contribution in [0.2, 0.25) is 0 Å². The van der Waals surface area contributed by atoms with Gasteiger partial charge in [0.15, 0.2) is 0 Å². The molecule has 1 N–H and O–H groups in total. The number of hydrogen-bond acceptors (Lipinski definition) is 7. The summed E-state index contributed by atoms with van der Waals surface area (Å²) < 4.78 is 10.8. The fourth-order valence-corrected chi connectivity index (χ4v) is 6.20. The Morgan fingerprint density at radius 1 is 0.636 bits per heavy atom. The molecule has 2 aliphatic heterocycles. The molecule has 0 radical (unpaired) electrons. The van der Waals surface area contributed by atoms with E-state index in [-0.39, 0.29) is 12.2 Å². The standard InChI is InChI=1S/C23H30N2O2.C13H10O.C10H20N2O2/c1-18-16-25(22(26)27-23(2,3)4)15-14-24(18)17-19-10-12-21(13-11-19)20-8-6-5-7-9-20;14-10-11-6-8-13(9-7-11)12-4-2-1-3-5-12;1-8-7-12(6-5-11-8)9(13)14-10(2,3)4/h5-13,18H,14-17H2,1-4H3;1-10H;8,11H,5-7H2,1-4H3. The number of benzene rings is 4. The van der Waals surface area contributed by atoms with E-state index in [4.69, 9.17) is 9.47 Å². The highest BCUT2D eigenvalue weighted by molar-refractivity contribution is 5.77. The maximum absolute atomic E-state index is 12.3. The van der Waals surface area contributed by atoms with Crippen LogP contribution >= 0.6 is 0 Å². The lowest BCUT2D eigenvalue weighted by molar-refractivity contribution is 0.00456. The maximum atomic E-state index is 12.3. The molecule has 4 aromatic carbocycles. The van der Waals surface area contributed by atoms with Crippen molar-refractivity contribution in [2.45, 2.75) is 85.2 Å². The summed E-state index contributed by atoms with van der Waals surface area (Å²) in [5.41, 5.74) is 5.95. The summed E-state index contributed by atoms with van der Waals surface area (Å²) in [5.74, 6) is 0. The van der Waals surface area contributed by atoms with Gasteiger partial charge in [-0.1, -0.05) is 109 Å². The number of amides is 2. The minimum atomic E-state index is -0.446. The van der Waals surface area contributed by atoms with E-state index in [1.54, 1.807) is 4.90 Å². The first-order valence-electron chi connectivity index (χ1n) is 19.3. The molecule has 2 unspecified atom stereocenters. The maximum Gasteiger partial charge on any atom is 0.410 e. The lowest BCUT2D eigenvalue weighted by Crippen LogP contribution is -2.54. The van der Waals surface area contributed by atoms with Gasteiger partial charge in [-0.25, -0.2) is 9.59 Å². The van der Waals surface area contributed by atoms with Crippen LogP contribution in [-0.4, -0.2) is 95.7 Å². The van der Waals surface area contributed by atoms with E-state index in [1.165, 1.54) is 22.3 Å². The second-order valence-electron chi connectivity index (χ2n) is 16.2. The Morgan fingerprint density at radius 2 is 1.09 bits per heavy atom. The van der Waals surface area contributed by atoms with Crippen LogP contribution in [0.25, 0.3) is 22.3 Å². The third-order valence-corrected chi connectivity index (χ3v) is 9.04. The zero-order chi connectivity index (χ0) is 40.0. The number of nitrogens with zero attached hydrogens (tertiary/aromatic N) is 3. The molecule has 2 heterocycles. The van der Waals surface area contributed by atoms with Gasteiger partial charge < -0.3 is 24.6 Å². The van der Waals surface area contributed by atoms with Gasteiger partial charge in [0.05, 0.1) is 0 Å². The van der Waals surface area contributed by atoms with Crippen molar-refractivity contribution in [3.63, 3.8) is 0 Å². The first-order chi connectivity index (χ1) is 26.1. The van der Waals surface area contributed by atoms with Crippen LogP contribution < -0.4 is 5.32 Å². The molecule has 2 atom stereocenters. The summed E-state index contributed by atoms with van der Waals surface area (Å²) in [6.45, 7) is 21.1. The molecule has 2 saturated heterocycles. The zero-order valence-electron chi connectivity index (χ0n) is 34.0. The van der Waals surface area contributed by atoms with Gasteiger partial charge in [-0.15, -0.1) is 0 Å². The van der Waals surface area contributed by atoms with Crippen molar-refractivity contribution in [2.75, 3.05) is 39.3 Å². The molecule has 2 fully saturated rings. The predicted molar refractivity (Wildman–Crippen MR) is 222 cm³/mol. The van der Waals surface area contributed by atoms with Crippen molar-refractivity contribution in [3.05, 3.63) is 120 Å². The minimum Gasteiger partial charge on any atom is -0.444 e. The normalized spacial score (nSPS) is 17.5. The van der Waals surface area contributed by atoms with Gasteiger partial charge in [0, 0.05) is 63.5 Å². The van der Waals surface area contributed by atoms with Gasteiger partial charge in [-0.3, -0.25) is 9.69 Å². The van der Waals surface area contributed by atoms with Crippen molar-refractivity contribution in [1.82, 2.24) is 20.0 Å². The molecule has 0 bridgehead atoms. The summed E-state index contributed by atoms with van der Waals surface area (Å²) in [7, 11) is 0. The molecule has 0 saturated carbocycles. The van der Waals surface area contributed by atoms with Crippen LogP contribution in [0.5, 0.6) is 0 Å². The number of ether oxygens (including phenoxy) is 2. The molecule has 2 aliphatic rings. The van der Waals surface area contributed by atoms with Gasteiger partial charge in [0.1, 0.15) is 17.5 Å². The molecule has 9 nitrogen and oxygen atoms in total. The van der Waals surface area contributed by atoms with Crippen molar-refractivity contribution in [2.24, 2.45) is 0 Å². The van der Waals surface area contributed by atoms with E-state index >= 15 is 0 Å². The van der Waals surface area contributed by atoms with E-state index in [0.29, 0.717) is 30.7 Å². The average molecular weight is 749 g/mol. The van der Waals surface area contributed by atoms with Crippen LogP contribution in [-0.2, 0) is 16.0 Å². The molecule has 0 aromatic heterocycles. The quantitative estimate of drug-likeness (QED) is 0.204. The third kappa shape index (κ3) is 14.6. The van der Waals surface area contributed by atoms with Gasteiger partial charge in [0.2, 0.25) is 0 Å². The molecular weight excluding hydrogens is 689 g/mol. The number of carbonyl (C=O) groups excluding carboxylic acids is 3. The Hall–Kier alpha value is -4.99. The molecule has 2 amide bonds. The summed E-state index contributed by atoms with van der Waals surface area (Å²) >= 11 is 0. The Bertz CT molecular complexity index is 1770. The third-order valence-electron chi connectivity index (χ3n) is 9.04. The molecule has 0 aliphatic carbocycles. The number of rotatable bonds is 5. The summed E-state index contributed by atoms with van der Waals surface area (Å²) in [5, 5.41) is 3.28. The SMILES string of the molecule is CC1CN(C(=O)OC(C)(C)C)CCN1.CC1CN(C(=O)OC(C)(C)C)CCN1Cc1ccc(-c2ccccc2)cc1.O=Cc1ccc(-c2ccccc2)cc1. The Balaban J connectivity index is 0.000000202. The van der Waals surface area contributed by atoms with Crippen molar-refractivity contribution < 1.29 is 23.9 Å². The Labute approximate surface area is 328 Å². The summed E-state index contributed by atoms with van der Waals surface area (Å²) in [6, 6.07) is 37.5. The topological polar surface area (TPSA) is 91.4 Å². The number of aldehydes is 1. The predicted octanol–water partition coefficient (Wildman–Crippen LogP) is 9.18. The first kappa shape index (κ1) is 42.7. The smallest absolute Gasteiger partial charge is 0.410 e. The van der Waals surface area contributed by atoms with Gasteiger partial charge >= 0.3 is 12.2 Å². The number of carbonyl (C=O) groups is 3. The van der Waals surface area contributed by atoms with E-state index in [1.807, 2.05) is 95.0 Å². The van der Waals surface area contributed by atoms with Gasteiger partial charge in [-0.05, 0) is 83.2 Å². The molecule has 0 spiro atoms. The van der Waals surface area contributed by atoms with Gasteiger partial charge in [0.25, 0.3) is 0 Å². The van der Waals surface area contributed by atoms with Crippen LogP contribution in [0, 0.1) is 0 Å². The van der Waals surface area contributed by atoms with E-state index < -0.39 is 11.2 Å². The molecule has 9 heteroatoms. The van der Waals surface area contributed by atoms with Crippen molar-refractivity contribution in [3.8, 4) is 22.3 Å². The second-order valence-corrected chi connectivity index (χ2v) is 16.2. The number of nitrogens with one attached hydrogen (secondary N) is 1. The summed E-state index contributed by atoms with van der Waals surface area (Å²) in [4.78, 5) is 40.4. The van der Waals surface area contributed by atoms with Crippen LogP contribution in [0.15, 0.2) is 109 Å². The van der Waals surface area contributed by atoms with Crippen LogP contribution in [0.3, 0.4) is 0 Å². The number of hydrogen-bond donors (Lipinski definition) is 1. The molecule has 55 heavy (non-hydrogen) atoms. The average Bonchev–Trinajstić information content (AvgIpc) is 3.16. The number of piperazine rings is 2. The zero-order valence-corrected chi connectivity index (χ0v) is 34.0. The highest BCUT2D eigenvalue weighted by atomic mass is 16.6. The fourth-order valence-electron chi connectivity index (χ4n) is 6.20. The van der Waals surface area contributed by atoms with E-state index in [9.17, 15) is 14.4 Å². The highest BCUT2D eigenvalue weighted by Gasteiger charge is 2.30.